The molecule has 0 amide bonds. The van der Waals surface area contributed by atoms with Crippen LogP contribution >= 0.6 is 11.8 Å². The van der Waals surface area contributed by atoms with Gasteiger partial charge >= 0.3 is 0 Å². The second-order valence-electron chi connectivity index (χ2n) is 6.47. The van der Waals surface area contributed by atoms with E-state index in [-0.39, 0.29) is 11.3 Å². The van der Waals surface area contributed by atoms with Crippen LogP contribution in [-0.4, -0.2) is 30.0 Å². The van der Waals surface area contributed by atoms with Crippen molar-refractivity contribution in [3.63, 3.8) is 0 Å². The minimum absolute atomic E-state index is 0.121. The van der Waals surface area contributed by atoms with Crippen molar-refractivity contribution in [3.05, 3.63) is 35.7 Å². The van der Waals surface area contributed by atoms with Gasteiger partial charge in [0.05, 0.1) is 17.1 Å². The summed E-state index contributed by atoms with van der Waals surface area (Å²) in [5.74, 6) is 0. The minimum atomic E-state index is -3.65. The Morgan fingerprint density at radius 3 is 2.54 bits per heavy atom. The number of anilines is 1. The maximum absolute atomic E-state index is 13.4. The van der Waals surface area contributed by atoms with Crippen LogP contribution in [0.25, 0.3) is 0 Å². The van der Waals surface area contributed by atoms with Crippen molar-refractivity contribution >= 4 is 27.5 Å². The van der Waals surface area contributed by atoms with Crippen LogP contribution in [0.2, 0.25) is 0 Å². The largest absolute Gasteiger partial charge is 0.268 e. The number of benzene rings is 1. The Morgan fingerprint density at radius 1 is 1.25 bits per heavy atom. The Kier molecular flexibility index (Phi) is 4.42. The van der Waals surface area contributed by atoms with Crippen molar-refractivity contribution in [3.8, 4) is 0 Å². The third-order valence-electron chi connectivity index (χ3n) is 4.18. The lowest BCUT2D eigenvalue weighted by atomic mass is 10.3. The van der Waals surface area contributed by atoms with E-state index in [4.69, 9.17) is 0 Å². The van der Waals surface area contributed by atoms with E-state index < -0.39 is 10.0 Å². The standard InChI is InChI=1S/C17H23N3O2S2/c1-11(2)20-14(5)17(13(4)18-20)24(21,22)19-10-12(3)23-16-9-7-6-8-15(16)19/h6-9,11-12H,10H2,1-5H3. The molecule has 0 N–H and O–H groups in total. The zero-order chi connectivity index (χ0) is 17.6. The molecule has 5 nitrogen and oxygen atoms in total. The Balaban J connectivity index is 2.16. The van der Waals surface area contributed by atoms with Crippen molar-refractivity contribution in [2.45, 2.75) is 55.7 Å². The van der Waals surface area contributed by atoms with E-state index in [1.807, 2.05) is 45.0 Å². The molecule has 0 saturated heterocycles. The minimum Gasteiger partial charge on any atom is -0.266 e. The number of aryl methyl sites for hydroxylation is 1. The second kappa shape index (κ2) is 6.11. The molecule has 0 aliphatic carbocycles. The molecule has 0 radical (unpaired) electrons. The number of sulfonamides is 1. The fourth-order valence-electron chi connectivity index (χ4n) is 3.21. The molecule has 0 fully saturated rings. The maximum atomic E-state index is 13.4. The molecule has 1 aliphatic rings. The third-order valence-corrected chi connectivity index (χ3v) is 7.36. The van der Waals surface area contributed by atoms with Gasteiger partial charge < -0.3 is 0 Å². The molecule has 1 unspecified atom stereocenters. The summed E-state index contributed by atoms with van der Waals surface area (Å²) >= 11 is 1.72. The SMILES string of the molecule is Cc1nn(C(C)C)c(C)c1S(=O)(=O)N1CC(C)Sc2ccccc21. The van der Waals surface area contributed by atoms with Gasteiger partial charge in [-0.25, -0.2) is 8.42 Å². The topological polar surface area (TPSA) is 55.2 Å². The highest BCUT2D eigenvalue weighted by molar-refractivity contribution is 8.00. The molecule has 0 spiro atoms. The lowest BCUT2D eigenvalue weighted by Crippen LogP contribution is -2.39. The summed E-state index contributed by atoms with van der Waals surface area (Å²) in [7, 11) is -3.65. The lowest BCUT2D eigenvalue weighted by molar-refractivity contribution is 0.514. The molecule has 1 aromatic heterocycles. The van der Waals surface area contributed by atoms with Crippen molar-refractivity contribution < 1.29 is 8.42 Å². The number of para-hydroxylation sites is 1. The van der Waals surface area contributed by atoms with E-state index in [1.54, 1.807) is 27.7 Å². The summed E-state index contributed by atoms with van der Waals surface area (Å²) in [5.41, 5.74) is 2.02. The van der Waals surface area contributed by atoms with Gasteiger partial charge in [0, 0.05) is 22.7 Å². The van der Waals surface area contributed by atoms with E-state index in [1.165, 1.54) is 0 Å². The zero-order valence-electron chi connectivity index (χ0n) is 14.6. The maximum Gasteiger partial charge on any atom is 0.268 e. The number of rotatable bonds is 3. The van der Waals surface area contributed by atoms with Crippen molar-refractivity contribution in [2.75, 3.05) is 10.8 Å². The van der Waals surface area contributed by atoms with E-state index in [0.717, 1.165) is 10.6 Å². The van der Waals surface area contributed by atoms with Crippen LogP contribution in [0.3, 0.4) is 0 Å². The smallest absolute Gasteiger partial charge is 0.266 e. The molecule has 3 rings (SSSR count). The molecule has 2 heterocycles. The highest BCUT2D eigenvalue weighted by atomic mass is 32.2. The van der Waals surface area contributed by atoms with Crippen LogP contribution in [0.5, 0.6) is 0 Å². The molecule has 2 aromatic rings. The van der Waals surface area contributed by atoms with E-state index >= 15 is 0 Å². The van der Waals surface area contributed by atoms with Gasteiger partial charge in [-0.05, 0) is 39.8 Å². The van der Waals surface area contributed by atoms with Gasteiger partial charge in [0.1, 0.15) is 4.90 Å². The van der Waals surface area contributed by atoms with Crippen LogP contribution in [-0.2, 0) is 10.0 Å². The number of aromatic nitrogens is 2. The van der Waals surface area contributed by atoms with Crippen LogP contribution in [0.4, 0.5) is 5.69 Å². The van der Waals surface area contributed by atoms with Crippen molar-refractivity contribution in [2.24, 2.45) is 0 Å². The van der Waals surface area contributed by atoms with Crippen molar-refractivity contribution in [1.29, 1.82) is 0 Å². The molecule has 0 saturated carbocycles. The zero-order valence-corrected chi connectivity index (χ0v) is 16.3. The fourth-order valence-corrected chi connectivity index (χ4v) is 6.42. The first-order chi connectivity index (χ1) is 11.2. The van der Waals surface area contributed by atoms with E-state index in [2.05, 4.69) is 12.0 Å². The van der Waals surface area contributed by atoms with E-state index in [9.17, 15) is 8.42 Å². The second-order valence-corrected chi connectivity index (χ2v) is 9.75. The Hall–Kier alpha value is -1.47. The molecular weight excluding hydrogens is 342 g/mol. The van der Waals surface area contributed by atoms with E-state index in [0.29, 0.717) is 22.8 Å². The average molecular weight is 366 g/mol. The number of thioether (sulfide) groups is 1. The first kappa shape index (κ1) is 17.4. The summed E-state index contributed by atoms with van der Waals surface area (Å²) in [4.78, 5) is 1.34. The van der Waals surface area contributed by atoms with Crippen LogP contribution in [0.1, 0.15) is 38.2 Å². The quantitative estimate of drug-likeness (QED) is 0.831. The molecule has 1 atom stereocenters. The normalized spacial score (nSPS) is 18.1. The molecular formula is C17H23N3O2S2. The summed E-state index contributed by atoms with van der Waals surface area (Å²) in [6.07, 6.45) is 0. The van der Waals surface area contributed by atoms with Crippen LogP contribution < -0.4 is 4.31 Å². The Morgan fingerprint density at radius 2 is 1.92 bits per heavy atom. The van der Waals surface area contributed by atoms with Gasteiger partial charge in [0.2, 0.25) is 0 Å². The van der Waals surface area contributed by atoms with Gasteiger partial charge in [-0.3, -0.25) is 8.99 Å². The predicted octanol–water partition coefficient (Wildman–Crippen LogP) is 3.77. The van der Waals surface area contributed by atoms with Gasteiger partial charge in [0.25, 0.3) is 10.0 Å². The van der Waals surface area contributed by atoms with Gasteiger partial charge in [0.15, 0.2) is 0 Å². The Bertz CT molecular complexity index is 872. The first-order valence-corrected chi connectivity index (χ1v) is 10.4. The first-order valence-electron chi connectivity index (χ1n) is 8.07. The number of hydrogen-bond acceptors (Lipinski definition) is 4. The summed E-state index contributed by atoms with van der Waals surface area (Å²) < 4.78 is 30.2. The monoisotopic (exact) mass is 365 g/mol. The van der Waals surface area contributed by atoms with Crippen molar-refractivity contribution in [1.82, 2.24) is 9.78 Å². The highest BCUT2D eigenvalue weighted by Crippen LogP contribution is 2.41. The van der Waals surface area contributed by atoms with Gasteiger partial charge in [-0.2, -0.15) is 5.10 Å². The summed E-state index contributed by atoms with van der Waals surface area (Å²) in [6, 6.07) is 7.81. The molecule has 7 heteroatoms. The average Bonchev–Trinajstić information content (AvgIpc) is 2.81. The highest BCUT2D eigenvalue weighted by Gasteiger charge is 2.36. The summed E-state index contributed by atoms with van der Waals surface area (Å²) in [5, 5.41) is 4.66. The Labute approximate surface area is 148 Å². The van der Waals surface area contributed by atoms with Crippen LogP contribution in [0, 0.1) is 13.8 Å². The number of hydrogen-bond donors (Lipinski definition) is 0. The molecule has 24 heavy (non-hydrogen) atoms. The predicted molar refractivity (Wildman–Crippen MR) is 98.4 cm³/mol. The van der Waals surface area contributed by atoms with Gasteiger partial charge in [-0.1, -0.05) is 19.1 Å². The van der Waals surface area contributed by atoms with Gasteiger partial charge in [-0.15, -0.1) is 11.8 Å². The molecule has 1 aromatic carbocycles. The lowest BCUT2D eigenvalue weighted by Gasteiger charge is -2.33. The number of nitrogens with zero attached hydrogens (tertiary/aromatic N) is 3. The number of fused-ring (bicyclic) bond motifs is 1. The molecule has 0 bridgehead atoms. The fraction of sp³-hybridized carbons (Fsp3) is 0.471. The molecule has 130 valence electrons. The third kappa shape index (κ3) is 2.73. The van der Waals surface area contributed by atoms with Crippen LogP contribution in [0.15, 0.2) is 34.1 Å². The molecule has 1 aliphatic heterocycles. The summed E-state index contributed by atoms with van der Waals surface area (Å²) in [6.45, 7) is 10.1.